The molecule has 2 aromatic rings. The SMILES string of the molecule is CCNc1nc(C(C)C)nc(-n2cc(I)cn2)c1C. The van der Waals surface area contributed by atoms with Gasteiger partial charge in [-0.3, -0.25) is 0 Å². The molecule has 1 N–H and O–H groups in total. The van der Waals surface area contributed by atoms with Gasteiger partial charge in [0.25, 0.3) is 0 Å². The monoisotopic (exact) mass is 371 g/mol. The molecule has 2 rings (SSSR count). The topological polar surface area (TPSA) is 55.6 Å². The lowest BCUT2D eigenvalue weighted by molar-refractivity contribution is 0.740. The molecule has 0 fully saturated rings. The number of hydrogen-bond donors (Lipinski definition) is 1. The van der Waals surface area contributed by atoms with E-state index in [9.17, 15) is 0 Å². The highest BCUT2D eigenvalue weighted by Crippen LogP contribution is 2.22. The number of hydrogen-bond acceptors (Lipinski definition) is 4. The summed E-state index contributed by atoms with van der Waals surface area (Å²) in [7, 11) is 0. The van der Waals surface area contributed by atoms with E-state index < -0.39 is 0 Å². The average molecular weight is 371 g/mol. The molecular weight excluding hydrogens is 353 g/mol. The smallest absolute Gasteiger partial charge is 0.162 e. The van der Waals surface area contributed by atoms with Gasteiger partial charge in [0, 0.05) is 24.2 Å². The highest BCUT2D eigenvalue weighted by atomic mass is 127. The first-order valence-electron chi connectivity index (χ1n) is 6.35. The molecule has 102 valence electrons. The van der Waals surface area contributed by atoms with Crippen molar-refractivity contribution in [2.24, 2.45) is 0 Å². The van der Waals surface area contributed by atoms with Gasteiger partial charge >= 0.3 is 0 Å². The van der Waals surface area contributed by atoms with Crippen molar-refractivity contribution in [2.75, 3.05) is 11.9 Å². The van der Waals surface area contributed by atoms with Gasteiger partial charge in [-0.2, -0.15) is 5.10 Å². The summed E-state index contributed by atoms with van der Waals surface area (Å²) in [6.45, 7) is 9.11. The molecule has 0 amide bonds. The van der Waals surface area contributed by atoms with E-state index in [1.165, 1.54) is 0 Å². The van der Waals surface area contributed by atoms with Crippen LogP contribution in [0.4, 0.5) is 5.82 Å². The standard InChI is InChI=1S/C13H18IN5/c1-5-15-12-9(4)13(18-11(17-12)8(2)3)19-7-10(14)6-16-19/h6-8H,5H2,1-4H3,(H,15,17,18). The van der Waals surface area contributed by atoms with Gasteiger partial charge in [0.2, 0.25) is 0 Å². The molecule has 2 heterocycles. The molecule has 0 atom stereocenters. The zero-order valence-electron chi connectivity index (χ0n) is 11.6. The van der Waals surface area contributed by atoms with Gasteiger partial charge in [-0.15, -0.1) is 0 Å². The minimum atomic E-state index is 0.284. The maximum atomic E-state index is 4.64. The van der Waals surface area contributed by atoms with Gasteiger partial charge < -0.3 is 5.32 Å². The molecule has 0 aromatic carbocycles. The summed E-state index contributed by atoms with van der Waals surface area (Å²) in [5, 5.41) is 7.63. The minimum absolute atomic E-state index is 0.284. The molecular formula is C13H18IN5. The molecule has 0 saturated carbocycles. The van der Waals surface area contributed by atoms with Crippen LogP contribution in [0.5, 0.6) is 0 Å². The fraction of sp³-hybridized carbons (Fsp3) is 0.462. The molecule has 0 radical (unpaired) electrons. The Morgan fingerprint density at radius 2 is 2.11 bits per heavy atom. The molecule has 0 aliphatic rings. The lowest BCUT2D eigenvalue weighted by atomic mass is 10.2. The van der Waals surface area contributed by atoms with Gasteiger partial charge in [-0.25, -0.2) is 14.6 Å². The molecule has 0 spiro atoms. The van der Waals surface area contributed by atoms with Gasteiger partial charge in [0.15, 0.2) is 5.82 Å². The highest BCUT2D eigenvalue weighted by molar-refractivity contribution is 14.1. The zero-order valence-corrected chi connectivity index (χ0v) is 13.8. The number of nitrogens with one attached hydrogen (secondary N) is 1. The molecule has 0 saturated heterocycles. The second kappa shape index (κ2) is 5.85. The number of rotatable bonds is 4. The molecule has 2 aromatic heterocycles. The van der Waals surface area contributed by atoms with Crippen LogP contribution in [0.1, 0.15) is 38.1 Å². The van der Waals surface area contributed by atoms with Crippen molar-refractivity contribution in [1.29, 1.82) is 0 Å². The molecule has 19 heavy (non-hydrogen) atoms. The predicted octanol–water partition coefficient (Wildman–Crippen LogP) is 3.13. The number of anilines is 1. The Bertz CT molecular complexity index is 576. The van der Waals surface area contributed by atoms with Crippen LogP contribution in [-0.4, -0.2) is 26.3 Å². The van der Waals surface area contributed by atoms with E-state index in [4.69, 9.17) is 0 Å². The Labute approximate surface area is 127 Å². The Morgan fingerprint density at radius 3 is 2.63 bits per heavy atom. The van der Waals surface area contributed by atoms with Crippen LogP contribution in [0.2, 0.25) is 0 Å². The third-order valence-corrected chi connectivity index (χ3v) is 3.32. The molecule has 6 heteroatoms. The van der Waals surface area contributed by atoms with E-state index in [0.717, 1.165) is 33.1 Å². The molecule has 0 aliphatic carbocycles. The predicted molar refractivity (Wildman–Crippen MR) is 84.9 cm³/mol. The second-order valence-electron chi connectivity index (χ2n) is 4.67. The molecule has 0 aliphatic heterocycles. The van der Waals surface area contributed by atoms with Crippen LogP contribution in [0.25, 0.3) is 5.82 Å². The fourth-order valence-corrected chi connectivity index (χ4v) is 2.15. The zero-order chi connectivity index (χ0) is 14.0. The van der Waals surface area contributed by atoms with Crippen molar-refractivity contribution in [3.05, 3.63) is 27.4 Å². The number of nitrogens with zero attached hydrogens (tertiary/aromatic N) is 4. The van der Waals surface area contributed by atoms with Gasteiger partial charge in [-0.05, 0) is 36.4 Å². The first kappa shape index (κ1) is 14.2. The second-order valence-corrected chi connectivity index (χ2v) is 5.91. The third kappa shape index (κ3) is 3.05. The molecule has 5 nitrogen and oxygen atoms in total. The van der Waals surface area contributed by atoms with E-state index in [2.05, 4.69) is 63.7 Å². The third-order valence-electron chi connectivity index (χ3n) is 2.77. The Balaban J connectivity index is 2.58. The van der Waals surface area contributed by atoms with Crippen molar-refractivity contribution in [3.8, 4) is 5.82 Å². The first-order valence-corrected chi connectivity index (χ1v) is 7.43. The summed E-state index contributed by atoms with van der Waals surface area (Å²) in [5.41, 5.74) is 1.02. The largest absolute Gasteiger partial charge is 0.370 e. The molecule has 0 bridgehead atoms. The Kier molecular flexibility index (Phi) is 4.38. The van der Waals surface area contributed by atoms with Crippen LogP contribution < -0.4 is 5.32 Å². The maximum Gasteiger partial charge on any atom is 0.162 e. The van der Waals surface area contributed by atoms with E-state index in [-0.39, 0.29) is 5.92 Å². The Morgan fingerprint density at radius 1 is 1.37 bits per heavy atom. The van der Waals surface area contributed by atoms with Crippen molar-refractivity contribution >= 4 is 28.4 Å². The first-order chi connectivity index (χ1) is 9.02. The van der Waals surface area contributed by atoms with Crippen LogP contribution in [0.15, 0.2) is 12.4 Å². The van der Waals surface area contributed by atoms with Crippen LogP contribution in [-0.2, 0) is 0 Å². The maximum absolute atomic E-state index is 4.64. The van der Waals surface area contributed by atoms with Gasteiger partial charge in [0.05, 0.1) is 9.77 Å². The van der Waals surface area contributed by atoms with Crippen molar-refractivity contribution in [2.45, 2.75) is 33.6 Å². The van der Waals surface area contributed by atoms with Crippen LogP contribution >= 0.6 is 22.6 Å². The average Bonchev–Trinajstić information content (AvgIpc) is 2.78. The highest BCUT2D eigenvalue weighted by Gasteiger charge is 2.14. The van der Waals surface area contributed by atoms with Crippen molar-refractivity contribution < 1.29 is 0 Å². The minimum Gasteiger partial charge on any atom is -0.370 e. The van der Waals surface area contributed by atoms with Gasteiger partial charge in [-0.1, -0.05) is 13.8 Å². The van der Waals surface area contributed by atoms with E-state index in [1.54, 1.807) is 0 Å². The van der Waals surface area contributed by atoms with E-state index in [0.29, 0.717) is 0 Å². The Hall–Kier alpha value is -1.18. The molecule has 0 unspecified atom stereocenters. The summed E-state index contributed by atoms with van der Waals surface area (Å²) in [5.74, 6) is 2.85. The van der Waals surface area contributed by atoms with Crippen LogP contribution in [0.3, 0.4) is 0 Å². The van der Waals surface area contributed by atoms with E-state index in [1.807, 2.05) is 24.0 Å². The summed E-state index contributed by atoms with van der Waals surface area (Å²) in [6.07, 6.45) is 3.79. The summed E-state index contributed by atoms with van der Waals surface area (Å²) in [4.78, 5) is 9.23. The van der Waals surface area contributed by atoms with Crippen LogP contribution in [0, 0.1) is 10.5 Å². The lowest BCUT2D eigenvalue weighted by Crippen LogP contribution is -2.12. The lowest BCUT2D eigenvalue weighted by Gasteiger charge is -2.14. The normalized spacial score (nSPS) is 11.1. The summed E-state index contributed by atoms with van der Waals surface area (Å²) < 4.78 is 2.90. The quantitative estimate of drug-likeness (QED) is 0.840. The van der Waals surface area contributed by atoms with Gasteiger partial charge in [0.1, 0.15) is 11.6 Å². The summed E-state index contributed by atoms with van der Waals surface area (Å²) in [6, 6.07) is 0. The fourth-order valence-electron chi connectivity index (χ4n) is 1.76. The number of aromatic nitrogens is 4. The number of halogens is 1. The van der Waals surface area contributed by atoms with Crippen molar-refractivity contribution in [1.82, 2.24) is 19.7 Å². The van der Waals surface area contributed by atoms with Crippen molar-refractivity contribution in [3.63, 3.8) is 0 Å². The summed E-state index contributed by atoms with van der Waals surface area (Å²) >= 11 is 2.24. The van der Waals surface area contributed by atoms with E-state index >= 15 is 0 Å².